The van der Waals surface area contributed by atoms with Crippen LogP contribution >= 0.6 is 11.3 Å². The molecule has 3 aliphatic rings. The molecule has 2 aromatic heterocycles. The summed E-state index contributed by atoms with van der Waals surface area (Å²) in [6.07, 6.45) is 0. The van der Waals surface area contributed by atoms with Gasteiger partial charge in [-0.25, -0.2) is 0 Å². The summed E-state index contributed by atoms with van der Waals surface area (Å²) in [5.41, 5.74) is 22.4. The molecular formula is C63H51BN4S. The first-order valence-electron chi connectivity index (χ1n) is 24.4. The monoisotopic (exact) mass is 906 g/mol. The normalized spacial score (nSPS) is 13.6. The molecule has 0 radical (unpaired) electrons. The smallest absolute Gasteiger partial charge is 0.252 e. The molecule has 11 aromatic rings. The summed E-state index contributed by atoms with van der Waals surface area (Å²) < 4.78 is 5.13. The molecule has 5 heterocycles. The zero-order valence-electron chi connectivity index (χ0n) is 40.1. The number of fused-ring (bicyclic) bond motifs is 12. The molecule has 4 nitrogen and oxygen atoms in total. The molecule has 0 amide bonds. The highest BCUT2D eigenvalue weighted by Gasteiger charge is 2.46. The summed E-state index contributed by atoms with van der Waals surface area (Å²) >= 11 is 1.90. The van der Waals surface area contributed by atoms with Crippen LogP contribution in [0.15, 0.2) is 182 Å². The van der Waals surface area contributed by atoms with E-state index in [1.807, 2.05) is 11.3 Å². The number of hydrogen-bond donors (Lipinski definition) is 0. The number of nitrogens with zero attached hydrogens (tertiary/aromatic N) is 4. The van der Waals surface area contributed by atoms with Crippen LogP contribution in [0, 0.1) is 6.92 Å². The standard InChI is InChI=1S/C63H51BN4S/c1-38-35-55-58-56(36-38)68-51-21-12-17-46-44-15-8-10-20-50(44)67(59(46)51)52-22-14-19-49(60(52)68)64(58)48-34-33-43(37-54(48)66(55)53-23-13-18-47-45-16-9-11-24-57(45)69-61(47)53)65(41-29-25-39(26-30-41)62(2,3)4)42-31-27-40(28-32-42)63(5,6)7/h8-37H,1-7H3. The van der Waals surface area contributed by atoms with E-state index in [1.54, 1.807) is 0 Å². The van der Waals surface area contributed by atoms with E-state index in [2.05, 4.69) is 250 Å². The van der Waals surface area contributed by atoms with Crippen molar-refractivity contribution in [1.29, 1.82) is 0 Å². The van der Waals surface area contributed by atoms with Gasteiger partial charge in [0.05, 0.1) is 38.5 Å². The summed E-state index contributed by atoms with van der Waals surface area (Å²) in [7, 11) is 0. The van der Waals surface area contributed by atoms with E-state index >= 15 is 0 Å². The second kappa shape index (κ2) is 14.3. The second-order valence-corrected chi connectivity index (χ2v) is 22.5. The van der Waals surface area contributed by atoms with Crippen molar-refractivity contribution < 1.29 is 0 Å². The Morgan fingerprint density at radius 2 is 1.03 bits per heavy atom. The third kappa shape index (κ3) is 5.76. The zero-order valence-corrected chi connectivity index (χ0v) is 40.9. The van der Waals surface area contributed by atoms with Crippen molar-refractivity contribution in [3.63, 3.8) is 0 Å². The molecule has 9 aromatic carbocycles. The Bertz CT molecular complexity index is 3900. The zero-order chi connectivity index (χ0) is 46.7. The van der Waals surface area contributed by atoms with Gasteiger partial charge in [-0.05, 0) is 130 Å². The summed E-state index contributed by atoms with van der Waals surface area (Å²) in [6, 6.07) is 69.4. The second-order valence-electron chi connectivity index (χ2n) is 21.5. The maximum Gasteiger partial charge on any atom is 0.252 e. The molecule has 332 valence electrons. The molecule has 69 heavy (non-hydrogen) atoms. The summed E-state index contributed by atoms with van der Waals surface area (Å²) in [5, 5.41) is 5.16. The van der Waals surface area contributed by atoms with Gasteiger partial charge in [0.25, 0.3) is 6.71 Å². The molecule has 6 heteroatoms. The van der Waals surface area contributed by atoms with Gasteiger partial charge in [-0.3, -0.25) is 0 Å². The molecule has 0 bridgehead atoms. The number of thiophene rings is 1. The van der Waals surface area contributed by atoms with Crippen LogP contribution < -0.4 is 31.1 Å². The molecule has 3 aliphatic heterocycles. The molecule has 0 fully saturated rings. The maximum absolute atomic E-state index is 2.62. The summed E-state index contributed by atoms with van der Waals surface area (Å²) in [4.78, 5) is 7.69. The van der Waals surface area contributed by atoms with Gasteiger partial charge in [0.2, 0.25) is 0 Å². The van der Waals surface area contributed by atoms with Gasteiger partial charge < -0.3 is 19.3 Å². The van der Waals surface area contributed by atoms with Crippen LogP contribution in [0.25, 0.3) is 47.7 Å². The van der Waals surface area contributed by atoms with Crippen molar-refractivity contribution in [3.8, 4) is 5.69 Å². The number of aryl methyl sites for hydroxylation is 1. The van der Waals surface area contributed by atoms with Crippen LogP contribution in [-0.2, 0) is 10.8 Å². The minimum absolute atomic E-state index is 0.0168. The van der Waals surface area contributed by atoms with Crippen molar-refractivity contribution in [3.05, 3.63) is 199 Å². The predicted molar refractivity (Wildman–Crippen MR) is 298 cm³/mol. The molecule has 0 unspecified atom stereocenters. The van der Waals surface area contributed by atoms with E-state index in [0.29, 0.717) is 0 Å². The highest BCUT2D eigenvalue weighted by Crippen LogP contribution is 2.54. The van der Waals surface area contributed by atoms with Crippen molar-refractivity contribution in [2.24, 2.45) is 0 Å². The Kier molecular flexibility index (Phi) is 8.37. The number of benzene rings is 9. The molecule has 0 atom stereocenters. The van der Waals surface area contributed by atoms with Crippen LogP contribution in [0.5, 0.6) is 0 Å². The fraction of sp³-hybridized carbons (Fsp3) is 0.143. The van der Waals surface area contributed by atoms with Crippen LogP contribution in [0.4, 0.5) is 51.2 Å². The largest absolute Gasteiger partial charge is 0.310 e. The molecule has 0 spiro atoms. The van der Waals surface area contributed by atoms with E-state index in [0.717, 1.165) is 17.1 Å². The minimum atomic E-state index is -0.0168. The average molecular weight is 907 g/mol. The quantitative estimate of drug-likeness (QED) is 0.164. The van der Waals surface area contributed by atoms with Crippen LogP contribution in [0.3, 0.4) is 0 Å². The minimum Gasteiger partial charge on any atom is -0.310 e. The Morgan fingerprint density at radius 1 is 0.449 bits per heavy atom. The van der Waals surface area contributed by atoms with Gasteiger partial charge in [-0.1, -0.05) is 145 Å². The first kappa shape index (κ1) is 40.5. The van der Waals surface area contributed by atoms with Gasteiger partial charge in [0.1, 0.15) is 0 Å². The number of para-hydroxylation sites is 3. The van der Waals surface area contributed by atoms with Crippen molar-refractivity contribution >= 4 is 128 Å². The third-order valence-electron chi connectivity index (χ3n) is 15.2. The number of hydrogen-bond acceptors (Lipinski definition) is 4. The number of anilines is 9. The van der Waals surface area contributed by atoms with Crippen molar-refractivity contribution in [2.75, 3.05) is 14.7 Å². The predicted octanol–water partition coefficient (Wildman–Crippen LogP) is 15.9. The van der Waals surface area contributed by atoms with Crippen LogP contribution in [0.1, 0.15) is 58.2 Å². The summed E-state index contributed by atoms with van der Waals surface area (Å²) in [5.74, 6) is 0. The van der Waals surface area contributed by atoms with Crippen LogP contribution in [-0.4, -0.2) is 11.3 Å². The van der Waals surface area contributed by atoms with E-state index in [-0.39, 0.29) is 17.5 Å². The van der Waals surface area contributed by atoms with Gasteiger partial charge >= 0.3 is 0 Å². The highest BCUT2D eigenvalue weighted by atomic mass is 32.1. The number of rotatable bonds is 4. The Labute approximate surface area is 408 Å². The lowest BCUT2D eigenvalue weighted by Crippen LogP contribution is -2.61. The summed E-state index contributed by atoms with van der Waals surface area (Å²) in [6.45, 7) is 16.0. The van der Waals surface area contributed by atoms with E-state index in [9.17, 15) is 0 Å². The lowest BCUT2D eigenvalue weighted by Gasteiger charge is -2.46. The van der Waals surface area contributed by atoms with Gasteiger partial charge in [-0.2, -0.15) is 0 Å². The maximum atomic E-state index is 2.62. The Morgan fingerprint density at radius 3 is 1.74 bits per heavy atom. The molecular weight excluding hydrogens is 856 g/mol. The first-order valence-corrected chi connectivity index (χ1v) is 25.2. The highest BCUT2D eigenvalue weighted by molar-refractivity contribution is 7.26. The molecule has 14 rings (SSSR count). The van der Waals surface area contributed by atoms with Gasteiger partial charge in [0.15, 0.2) is 0 Å². The molecule has 0 saturated heterocycles. The lowest BCUT2D eigenvalue weighted by molar-refractivity contribution is 0.590. The molecule has 0 N–H and O–H groups in total. The van der Waals surface area contributed by atoms with Crippen molar-refractivity contribution in [2.45, 2.75) is 59.3 Å². The van der Waals surface area contributed by atoms with E-state index < -0.39 is 0 Å². The molecule has 0 saturated carbocycles. The SMILES string of the molecule is Cc1cc2c3c(c1)N1c4c(cccc4-n4c5ccccc5c5cccc1c54)B3c1ccc(N(c3ccc(C(C)(C)C)cc3)c3ccc(C(C)(C)C)cc3)cc1N2c1cccc2c1sc1ccccc12. The van der Waals surface area contributed by atoms with E-state index in [1.165, 1.54) is 115 Å². The molecule has 0 aliphatic carbocycles. The van der Waals surface area contributed by atoms with E-state index in [4.69, 9.17) is 0 Å². The Hall–Kier alpha value is -7.54. The van der Waals surface area contributed by atoms with Gasteiger partial charge in [-0.15, -0.1) is 11.3 Å². The third-order valence-corrected chi connectivity index (χ3v) is 16.4. The fourth-order valence-corrected chi connectivity index (χ4v) is 13.2. The fourth-order valence-electron chi connectivity index (χ4n) is 12.0. The lowest BCUT2D eigenvalue weighted by atomic mass is 9.33. The van der Waals surface area contributed by atoms with Crippen LogP contribution in [0.2, 0.25) is 0 Å². The Balaban J connectivity index is 1.07. The average Bonchev–Trinajstić information content (AvgIpc) is 3.90. The first-order chi connectivity index (χ1) is 33.4. The topological polar surface area (TPSA) is 14.7 Å². The number of aromatic nitrogens is 1. The van der Waals surface area contributed by atoms with Crippen molar-refractivity contribution in [1.82, 2.24) is 4.57 Å². The van der Waals surface area contributed by atoms with Gasteiger partial charge in [0, 0.05) is 60.4 Å².